The van der Waals surface area contributed by atoms with Crippen LogP contribution in [0, 0.1) is 12.8 Å². The molecule has 1 amide bonds. The molecule has 8 nitrogen and oxygen atoms in total. The smallest absolute Gasteiger partial charge is 0.393 e. The van der Waals surface area contributed by atoms with E-state index in [2.05, 4.69) is 15.4 Å². The summed E-state index contributed by atoms with van der Waals surface area (Å²) in [6.07, 6.45) is -2.15. The van der Waals surface area contributed by atoms with Gasteiger partial charge in [-0.3, -0.25) is 9.59 Å². The number of aliphatic hydroxyl groups excluding tert-OH is 1. The number of aliphatic hydroxyl groups is 1. The second-order valence-corrected chi connectivity index (χ2v) is 9.37. The summed E-state index contributed by atoms with van der Waals surface area (Å²) < 4.78 is 41.0. The van der Waals surface area contributed by atoms with E-state index in [1.54, 1.807) is 6.92 Å². The molecular formula is C26H24F3N5O3. The van der Waals surface area contributed by atoms with E-state index < -0.39 is 23.2 Å². The molecule has 1 fully saturated rings. The first-order valence-corrected chi connectivity index (χ1v) is 11.8. The summed E-state index contributed by atoms with van der Waals surface area (Å²) in [5.74, 6) is 0.483. The molecule has 192 valence electrons. The monoisotopic (exact) mass is 511 g/mol. The molecule has 0 saturated heterocycles. The molecule has 2 N–H and O–H groups in total. The van der Waals surface area contributed by atoms with E-state index in [-0.39, 0.29) is 24.1 Å². The molecule has 0 bridgehead atoms. The molecule has 0 unspecified atom stereocenters. The van der Waals surface area contributed by atoms with Crippen LogP contribution in [-0.2, 0) is 23.9 Å². The van der Waals surface area contributed by atoms with Crippen molar-refractivity contribution in [3.8, 4) is 11.4 Å². The van der Waals surface area contributed by atoms with Crippen LogP contribution in [0.3, 0.4) is 0 Å². The molecule has 4 aromatic rings. The number of carbonyl (C=O) groups is 1. The third kappa shape index (κ3) is 5.26. The first-order chi connectivity index (χ1) is 17.6. The van der Waals surface area contributed by atoms with Gasteiger partial charge in [-0.1, -0.05) is 24.3 Å². The van der Waals surface area contributed by atoms with Gasteiger partial charge in [0.2, 0.25) is 11.7 Å². The van der Waals surface area contributed by atoms with Gasteiger partial charge in [0.05, 0.1) is 11.7 Å². The van der Waals surface area contributed by atoms with Crippen LogP contribution in [0.2, 0.25) is 0 Å². The highest BCUT2D eigenvalue weighted by molar-refractivity contribution is 5.90. The van der Waals surface area contributed by atoms with Gasteiger partial charge in [-0.25, -0.2) is 0 Å². The quantitative estimate of drug-likeness (QED) is 0.410. The number of carbonyl (C=O) groups excluding carboxylic acids is 1. The number of nitrogens with zero attached hydrogens (tertiary/aromatic N) is 4. The predicted octanol–water partition coefficient (Wildman–Crippen LogP) is 3.84. The molecule has 0 atom stereocenters. The van der Waals surface area contributed by atoms with E-state index in [9.17, 15) is 27.9 Å². The Hall–Kier alpha value is -3.99. The minimum atomic E-state index is -4.47. The van der Waals surface area contributed by atoms with Crippen molar-refractivity contribution in [2.24, 2.45) is 5.92 Å². The van der Waals surface area contributed by atoms with Crippen LogP contribution in [0.25, 0.3) is 17.2 Å². The zero-order valence-corrected chi connectivity index (χ0v) is 19.9. The lowest BCUT2D eigenvalue weighted by Crippen LogP contribution is -2.29. The van der Waals surface area contributed by atoms with Crippen molar-refractivity contribution in [3.05, 3.63) is 81.8 Å². The van der Waals surface area contributed by atoms with Crippen LogP contribution in [0.1, 0.15) is 29.7 Å². The van der Waals surface area contributed by atoms with Crippen molar-refractivity contribution in [2.45, 2.75) is 45.0 Å². The number of aromatic nitrogens is 4. The van der Waals surface area contributed by atoms with Gasteiger partial charge in [0, 0.05) is 23.0 Å². The van der Waals surface area contributed by atoms with Gasteiger partial charge in [-0.2, -0.15) is 22.7 Å². The largest absolute Gasteiger partial charge is 0.416 e. The molecule has 1 aliphatic rings. The van der Waals surface area contributed by atoms with Crippen LogP contribution in [-0.4, -0.2) is 36.3 Å². The highest BCUT2D eigenvalue weighted by Gasteiger charge is 2.30. The molecule has 1 aliphatic carbocycles. The summed E-state index contributed by atoms with van der Waals surface area (Å²) in [4.78, 5) is 29.8. The number of hydrogen-bond acceptors (Lipinski definition) is 5. The minimum absolute atomic E-state index is 0.176. The normalized spacial score (nSPS) is 17.5. The fourth-order valence-corrected chi connectivity index (χ4v) is 4.50. The second-order valence-electron chi connectivity index (χ2n) is 9.37. The van der Waals surface area contributed by atoms with Crippen LogP contribution < -0.4 is 10.9 Å². The number of amides is 1. The summed E-state index contributed by atoms with van der Waals surface area (Å²) >= 11 is 0. The fraction of sp³-hybridized carbons (Fsp3) is 0.308. The molecular weight excluding hydrogens is 487 g/mol. The Labute approximate surface area is 209 Å². The number of anilines is 1. The van der Waals surface area contributed by atoms with Gasteiger partial charge in [0.1, 0.15) is 6.54 Å². The topological polar surface area (TPSA) is 102 Å². The van der Waals surface area contributed by atoms with Crippen molar-refractivity contribution in [3.63, 3.8) is 0 Å². The second kappa shape index (κ2) is 9.47. The summed E-state index contributed by atoms with van der Waals surface area (Å²) in [6.45, 7) is 1.44. The Kier molecular flexibility index (Phi) is 6.32. The Balaban J connectivity index is 1.36. The molecule has 0 radical (unpaired) electrons. The zero-order valence-electron chi connectivity index (χ0n) is 19.9. The highest BCUT2D eigenvalue weighted by atomic mass is 19.4. The summed E-state index contributed by atoms with van der Waals surface area (Å²) in [5, 5.41) is 16.4. The number of rotatable bonds is 6. The number of nitrogens with one attached hydrogen (secondary N) is 1. The van der Waals surface area contributed by atoms with Gasteiger partial charge in [0.15, 0.2) is 5.82 Å². The van der Waals surface area contributed by atoms with Gasteiger partial charge in [0.25, 0.3) is 5.56 Å². The standard InChI is InChI=1S/C26H24F3N5O3/c1-15-10-23(37)34-25(33(15)14-22(36)30-20-8-6-19(7-9-20)26(27,28)29)31-24(32-34)18-4-2-16(3-5-18)11-17-12-21(35)13-17/h2-10,17,21,35H,11-14H2,1H3,(H,30,36). The molecule has 5 rings (SSSR count). The van der Waals surface area contributed by atoms with Crippen LogP contribution in [0.15, 0.2) is 59.4 Å². The third-order valence-corrected chi connectivity index (χ3v) is 6.54. The maximum Gasteiger partial charge on any atom is 0.416 e. The number of hydrogen-bond donors (Lipinski definition) is 2. The SMILES string of the molecule is Cc1cc(=O)n2nc(-c3ccc(CC4CC(O)C4)cc3)nc2n1CC(=O)Nc1ccc(C(F)(F)F)cc1. The van der Waals surface area contributed by atoms with E-state index in [0.717, 1.165) is 41.5 Å². The van der Waals surface area contributed by atoms with E-state index in [0.29, 0.717) is 23.0 Å². The molecule has 0 spiro atoms. The predicted molar refractivity (Wildman–Crippen MR) is 130 cm³/mol. The number of benzene rings is 2. The molecule has 37 heavy (non-hydrogen) atoms. The Morgan fingerprint density at radius 3 is 2.41 bits per heavy atom. The summed E-state index contributed by atoms with van der Waals surface area (Å²) in [6, 6.07) is 13.2. The number of alkyl halides is 3. The van der Waals surface area contributed by atoms with Crippen LogP contribution >= 0.6 is 0 Å². The van der Waals surface area contributed by atoms with Crippen molar-refractivity contribution >= 4 is 17.4 Å². The first kappa shape index (κ1) is 24.7. The summed E-state index contributed by atoms with van der Waals surface area (Å²) in [7, 11) is 0. The van der Waals surface area contributed by atoms with Gasteiger partial charge >= 0.3 is 6.18 Å². The average molecular weight is 512 g/mol. The van der Waals surface area contributed by atoms with Crippen molar-refractivity contribution in [1.29, 1.82) is 0 Å². The third-order valence-electron chi connectivity index (χ3n) is 6.54. The maximum absolute atomic E-state index is 12.8. The number of halogens is 3. The molecule has 2 aromatic carbocycles. The summed E-state index contributed by atoms with van der Waals surface area (Å²) in [5.41, 5.74) is 1.34. The first-order valence-electron chi connectivity index (χ1n) is 11.8. The molecule has 11 heteroatoms. The van der Waals surface area contributed by atoms with E-state index in [1.165, 1.54) is 22.8 Å². The van der Waals surface area contributed by atoms with E-state index in [1.807, 2.05) is 24.3 Å². The van der Waals surface area contributed by atoms with Gasteiger partial charge in [-0.15, -0.1) is 5.10 Å². The minimum Gasteiger partial charge on any atom is -0.393 e. The lowest BCUT2D eigenvalue weighted by Gasteiger charge is -2.31. The Morgan fingerprint density at radius 2 is 1.78 bits per heavy atom. The van der Waals surface area contributed by atoms with Crippen molar-refractivity contribution < 1.29 is 23.1 Å². The fourth-order valence-electron chi connectivity index (χ4n) is 4.50. The lowest BCUT2D eigenvalue weighted by atomic mass is 9.78. The average Bonchev–Trinajstić information content (AvgIpc) is 3.27. The lowest BCUT2D eigenvalue weighted by molar-refractivity contribution is -0.137. The molecule has 2 aromatic heterocycles. The molecule has 0 aliphatic heterocycles. The Morgan fingerprint density at radius 1 is 1.11 bits per heavy atom. The number of aryl methyl sites for hydroxylation is 1. The van der Waals surface area contributed by atoms with Crippen LogP contribution in [0.5, 0.6) is 0 Å². The van der Waals surface area contributed by atoms with E-state index in [4.69, 9.17) is 0 Å². The zero-order chi connectivity index (χ0) is 26.3. The van der Waals surface area contributed by atoms with Crippen LogP contribution in [0.4, 0.5) is 18.9 Å². The Bertz CT molecular complexity index is 1500. The maximum atomic E-state index is 12.8. The van der Waals surface area contributed by atoms with Crippen molar-refractivity contribution in [1.82, 2.24) is 19.2 Å². The number of fused-ring (bicyclic) bond motifs is 1. The molecule has 2 heterocycles. The van der Waals surface area contributed by atoms with Gasteiger partial charge < -0.3 is 15.0 Å². The molecule has 1 saturated carbocycles. The highest BCUT2D eigenvalue weighted by Crippen LogP contribution is 2.31. The van der Waals surface area contributed by atoms with E-state index >= 15 is 0 Å². The van der Waals surface area contributed by atoms with Crippen molar-refractivity contribution in [2.75, 3.05) is 5.32 Å². The van der Waals surface area contributed by atoms with Gasteiger partial charge in [-0.05, 0) is 61.9 Å².